The molecule has 2 aromatic rings. The number of nitrogens with one attached hydrogen (secondary N) is 1. The van der Waals surface area contributed by atoms with Gasteiger partial charge < -0.3 is 5.32 Å². The molecular formula is C16H23N3S. The number of benzene rings is 1. The molecule has 0 bridgehead atoms. The molecule has 0 aliphatic carbocycles. The number of hydrogen-bond acceptors (Lipinski definition) is 4. The normalized spacial score (nSPS) is 11.2. The van der Waals surface area contributed by atoms with Gasteiger partial charge in [0.25, 0.3) is 0 Å². The Labute approximate surface area is 125 Å². The zero-order valence-electron chi connectivity index (χ0n) is 12.5. The first-order chi connectivity index (χ1) is 9.67. The minimum atomic E-state index is 0.878. The largest absolute Gasteiger partial charge is 0.311 e. The van der Waals surface area contributed by atoms with E-state index in [0.717, 1.165) is 31.9 Å². The van der Waals surface area contributed by atoms with Gasteiger partial charge >= 0.3 is 0 Å². The number of aryl methyl sites for hydroxylation is 1. The van der Waals surface area contributed by atoms with Gasteiger partial charge in [-0.1, -0.05) is 36.8 Å². The summed E-state index contributed by atoms with van der Waals surface area (Å²) in [5, 5.41) is 6.65. The second-order valence-corrected chi connectivity index (χ2v) is 6.11. The first kappa shape index (κ1) is 15.2. The van der Waals surface area contributed by atoms with Gasteiger partial charge in [0.1, 0.15) is 5.01 Å². The topological polar surface area (TPSA) is 28.2 Å². The highest BCUT2D eigenvalue weighted by molar-refractivity contribution is 7.09. The Balaban J connectivity index is 1.86. The first-order valence-corrected chi connectivity index (χ1v) is 7.93. The Bertz CT molecular complexity index is 519. The van der Waals surface area contributed by atoms with Crippen molar-refractivity contribution in [2.75, 3.05) is 13.6 Å². The first-order valence-electron chi connectivity index (χ1n) is 7.05. The molecule has 20 heavy (non-hydrogen) atoms. The molecule has 0 aliphatic rings. The van der Waals surface area contributed by atoms with Gasteiger partial charge in [-0.05, 0) is 26.1 Å². The van der Waals surface area contributed by atoms with E-state index in [4.69, 9.17) is 0 Å². The Morgan fingerprint density at radius 3 is 2.65 bits per heavy atom. The lowest BCUT2D eigenvalue weighted by atomic mass is 10.1. The average molecular weight is 289 g/mol. The quantitative estimate of drug-likeness (QED) is 0.848. The molecule has 0 radical (unpaired) electrons. The van der Waals surface area contributed by atoms with Gasteiger partial charge in [-0.25, -0.2) is 4.98 Å². The van der Waals surface area contributed by atoms with Crippen LogP contribution in [-0.2, 0) is 19.6 Å². The molecule has 0 spiro atoms. The van der Waals surface area contributed by atoms with Crippen LogP contribution in [0.4, 0.5) is 0 Å². The highest BCUT2D eigenvalue weighted by Gasteiger charge is 2.06. The van der Waals surface area contributed by atoms with Gasteiger partial charge in [0.05, 0.1) is 5.69 Å². The van der Waals surface area contributed by atoms with Crippen LogP contribution in [0, 0.1) is 6.92 Å². The molecule has 0 fully saturated rings. The Hall–Kier alpha value is -1.23. The summed E-state index contributed by atoms with van der Waals surface area (Å²) >= 11 is 1.74. The Kier molecular flexibility index (Phi) is 5.71. The SMILES string of the molecule is CCNCc1nc(CN(C)Cc2ccc(C)cc2)cs1. The van der Waals surface area contributed by atoms with E-state index in [1.54, 1.807) is 11.3 Å². The second-order valence-electron chi connectivity index (χ2n) is 5.17. The van der Waals surface area contributed by atoms with E-state index in [9.17, 15) is 0 Å². The highest BCUT2D eigenvalue weighted by Crippen LogP contribution is 2.13. The van der Waals surface area contributed by atoms with E-state index in [-0.39, 0.29) is 0 Å². The summed E-state index contributed by atoms with van der Waals surface area (Å²) in [6.45, 7) is 7.96. The van der Waals surface area contributed by atoms with Crippen LogP contribution in [-0.4, -0.2) is 23.5 Å². The van der Waals surface area contributed by atoms with Crippen molar-refractivity contribution in [2.24, 2.45) is 0 Å². The lowest BCUT2D eigenvalue weighted by Crippen LogP contribution is -2.17. The van der Waals surface area contributed by atoms with Crippen LogP contribution in [0.2, 0.25) is 0 Å². The standard InChI is InChI=1S/C16H23N3S/c1-4-17-9-16-18-15(12-20-16)11-19(3)10-14-7-5-13(2)6-8-14/h5-8,12,17H,4,9-11H2,1-3H3. The summed E-state index contributed by atoms with van der Waals surface area (Å²) in [4.78, 5) is 6.96. The Morgan fingerprint density at radius 1 is 1.20 bits per heavy atom. The Morgan fingerprint density at radius 2 is 1.95 bits per heavy atom. The minimum absolute atomic E-state index is 0.878. The van der Waals surface area contributed by atoms with Crippen molar-refractivity contribution in [3.05, 3.63) is 51.5 Å². The molecule has 3 nitrogen and oxygen atoms in total. The van der Waals surface area contributed by atoms with Gasteiger partial charge in [0.15, 0.2) is 0 Å². The van der Waals surface area contributed by atoms with Crippen molar-refractivity contribution in [3.8, 4) is 0 Å². The maximum atomic E-state index is 4.66. The molecule has 1 aromatic carbocycles. The third-order valence-electron chi connectivity index (χ3n) is 3.13. The number of rotatable bonds is 7. The van der Waals surface area contributed by atoms with Gasteiger partial charge in [-0.3, -0.25) is 4.90 Å². The van der Waals surface area contributed by atoms with Crippen LogP contribution >= 0.6 is 11.3 Å². The fraction of sp³-hybridized carbons (Fsp3) is 0.438. The van der Waals surface area contributed by atoms with E-state index in [2.05, 4.69) is 65.7 Å². The van der Waals surface area contributed by atoms with Crippen LogP contribution in [0.1, 0.15) is 28.8 Å². The van der Waals surface area contributed by atoms with Crippen LogP contribution in [0.15, 0.2) is 29.6 Å². The lowest BCUT2D eigenvalue weighted by molar-refractivity contribution is 0.315. The number of nitrogens with zero attached hydrogens (tertiary/aromatic N) is 2. The average Bonchev–Trinajstić information content (AvgIpc) is 2.86. The van der Waals surface area contributed by atoms with Crippen molar-refractivity contribution < 1.29 is 0 Å². The zero-order valence-corrected chi connectivity index (χ0v) is 13.3. The summed E-state index contributed by atoms with van der Waals surface area (Å²) in [5.41, 5.74) is 3.82. The maximum absolute atomic E-state index is 4.66. The van der Waals surface area contributed by atoms with E-state index in [1.807, 2.05) is 0 Å². The molecular weight excluding hydrogens is 266 g/mol. The number of thiazole rings is 1. The third-order valence-corrected chi connectivity index (χ3v) is 4.03. The summed E-state index contributed by atoms with van der Waals surface area (Å²) in [6.07, 6.45) is 0. The molecule has 1 heterocycles. The van der Waals surface area contributed by atoms with Crippen LogP contribution in [0.5, 0.6) is 0 Å². The van der Waals surface area contributed by atoms with Crippen LogP contribution in [0.25, 0.3) is 0 Å². The second kappa shape index (κ2) is 7.53. The molecule has 108 valence electrons. The summed E-state index contributed by atoms with van der Waals surface area (Å²) in [7, 11) is 2.14. The van der Waals surface area contributed by atoms with E-state index in [0.29, 0.717) is 0 Å². The summed E-state index contributed by atoms with van der Waals surface area (Å²) in [6, 6.07) is 8.73. The monoisotopic (exact) mass is 289 g/mol. The van der Waals surface area contributed by atoms with Gasteiger partial charge in [-0.2, -0.15) is 0 Å². The molecule has 0 saturated carbocycles. The van der Waals surface area contributed by atoms with Crippen molar-refractivity contribution in [1.82, 2.24) is 15.2 Å². The van der Waals surface area contributed by atoms with Gasteiger partial charge in [-0.15, -0.1) is 11.3 Å². The van der Waals surface area contributed by atoms with Gasteiger partial charge in [0, 0.05) is 25.0 Å². The smallest absolute Gasteiger partial charge is 0.107 e. The predicted octanol–water partition coefficient (Wildman–Crippen LogP) is 3.19. The van der Waals surface area contributed by atoms with Crippen molar-refractivity contribution in [1.29, 1.82) is 0 Å². The molecule has 4 heteroatoms. The fourth-order valence-corrected chi connectivity index (χ4v) is 2.83. The zero-order chi connectivity index (χ0) is 14.4. The molecule has 0 unspecified atom stereocenters. The minimum Gasteiger partial charge on any atom is -0.311 e. The van der Waals surface area contributed by atoms with Crippen molar-refractivity contribution in [2.45, 2.75) is 33.5 Å². The van der Waals surface area contributed by atoms with Gasteiger partial charge in [0.2, 0.25) is 0 Å². The molecule has 2 rings (SSSR count). The summed E-state index contributed by atoms with van der Waals surface area (Å²) in [5.74, 6) is 0. The van der Waals surface area contributed by atoms with E-state index >= 15 is 0 Å². The van der Waals surface area contributed by atoms with Crippen LogP contribution < -0.4 is 5.32 Å². The number of aromatic nitrogens is 1. The van der Waals surface area contributed by atoms with E-state index < -0.39 is 0 Å². The lowest BCUT2D eigenvalue weighted by Gasteiger charge is -2.15. The van der Waals surface area contributed by atoms with Crippen LogP contribution in [0.3, 0.4) is 0 Å². The number of hydrogen-bond donors (Lipinski definition) is 1. The third kappa shape index (κ3) is 4.71. The highest BCUT2D eigenvalue weighted by atomic mass is 32.1. The summed E-state index contributed by atoms with van der Waals surface area (Å²) < 4.78 is 0. The molecule has 0 amide bonds. The van der Waals surface area contributed by atoms with Crippen molar-refractivity contribution >= 4 is 11.3 Å². The van der Waals surface area contributed by atoms with E-state index in [1.165, 1.54) is 16.1 Å². The molecule has 0 atom stereocenters. The molecule has 0 aliphatic heterocycles. The fourth-order valence-electron chi connectivity index (χ4n) is 2.07. The molecule has 1 aromatic heterocycles. The molecule has 0 saturated heterocycles. The van der Waals surface area contributed by atoms with Crippen molar-refractivity contribution in [3.63, 3.8) is 0 Å². The molecule has 1 N–H and O–H groups in total. The maximum Gasteiger partial charge on any atom is 0.107 e. The predicted molar refractivity (Wildman–Crippen MR) is 85.8 cm³/mol.